The lowest BCUT2D eigenvalue weighted by Gasteiger charge is -2.42. The van der Waals surface area contributed by atoms with Crippen LogP contribution in [0, 0.1) is 5.92 Å². The van der Waals surface area contributed by atoms with Crippen LogP contribution >= 0.6 is 0 Å². The molecule has 1 aliphatic carbocycles. The maximum absolute atomic E-state index is 11.6. The number of amides is 1. The highest BCUT2D eigenvalue weighted by molar-refractivity contribution is 5.73. The van der Waals surface area contributed by atoms with Gasteiger partial charge < -0.3 is 74.6 Å². The van der Waals surface area contributed by atoms with Crippen LogP contribution in [0.1, 0.15) is 32.6 Å². The zero-order chi connectivity index (χ0) is 33.1. The fourth-order valence-electron chi connectivity index (χ4n) is 5.65. The Morgan fingerprint density at radius 1 is 0.778 bits per heavy atom. The van der Waals surface area contributed by atoms with Crippen LogP contribution < -0.4 is 5.32 Å². The summed E-state index contributed by atoms with van der Waals surface area (Å²) < 4.78 is 33.4. The molecule has 0 radical (unpaired) electrons. The van der Waals surface area contributed by atoms with Crippen LogP contribution in [-0.2, 0) is 38.1 Å². The molecule has 2 saturated heterocycles. The molecule has 0 aromatic rings. The number of nitrogens with one attached hydrogen (secondary N) is 1. The Labute approximate surface area is 260 Å². The molecule has 2 aliphatic heterocycles. The van der Waals surface area contributed by atoms with E-state index in [9.17, 15) is 50.9 Å². The Bertz CT molecular complexity index is 858. The maximum Gasteiger partial charge on any atom is 0.220 e. The summed E-state index contributed by atoms with van der Waals surface area (Å²) in [6, 6.07) is -0.892. The summed E-state index contributed by atoms with van der Waals surface area (Å²) in [5.74, 6) is -1.07. The van der Waals surface area contributed by atoms with Crippen LogP contribution in [-0.4, -0.2) is 178 Å². The number of rotatable bonds is 17. The SMILES string of the molecule is CC(=O)NC1C(OCCCOC2C(O)C(COCCCOC3CC(O)C(O)C(CO)O3)OC(OO)C2O)CC(CO)C(O)C1O. The first kappa shape index (κ1) is 38.3. The standard InChI is InChI=1S/C27H49NO17/c1-13(31)28-20-16(8-14(10-29)21(33)24(20)36)40-5-3-7-42-26-23(35)18(44-27(45-38)25(26)37)12-39-4-2-6-41-19-9-15(32)22(34)17(11-30)43-19/h14-27,29-30,32-38H,2-12H2,1H3,(H,28,31). The highest BCUT2D eigenvalue weighted by Crippen LogP contribution is 2.29. The summed E-state index contributed by atoms with van der Waals surface area (Å²) in [6.45, 7) is 0.663. The number of ether oxygens (including phenoxy) is 6. The van der Waals surface area contributed by atoms with Crippen LogP contribution in [0.15, 0.2) is 0 Å². The summed E-state index contributed by atoms with van der Waals surface area (Å²) in [5, 5.41) is 92.1. The summed E-state index contributed by atoms with van der Waals surface area (Å²) in [5.41, 5.74) is 0. The predicted molar refractivity (Wildman–Crippen MR) is 147 cm³/mol. The number of aliphatic hydroxyl groups excluding tert-OH is 8. The molecule has 18 nitrogen and oxygen atoms in total. The fourth-order valence-corrected chi connectivity index (χ4v) is 5.65. The Balaban J connectivity index is 1.39. The zero-order valence-corrected chi connectivity index (χ0v) is 25.2. The van der Waals surface area contributed by atoms with Crippen molar-refractivity contribution in [3.8, 4) is 0 Å². The monoisotopic (exact) mass is 659 g/mol. The van der Waals surface area contributed by atoms with E-state index in [1.54, 1.807) is 0 Å². The van der Waals surface area contributed by atoms with Crippen LogP contribution in [0.25, 0.3) is 0 Å². The number of carbonyl (C=O) groups excluding carboxylic acids is 1. The van der Waals surface area contributed by atoms with Crippen molar-refractivity contribution in [2.45, 2.75) is 112 Å². The van der Waals surface area contributed by atoms with Crippen molar-refractivity contribution in [3.63, 3.8) is 0 Å². The van der Waals surface area contributed by atoms with E-state index in [0.717, 1.165) is 0 Å². The van der Waals surface area contributed by atoms with Gasteiger partial charge in [0.1, 0.15) is 42.7 Å². The first-order valence-corrected chi connectivity index (χ1v) is 15.1. The molecule has 1 saturated carbocycles. The van der Waals surface area contributed by atoms with Gasteiger partial charge in [-0.1, -0.05) is 0 Å². The second kappa shape index (κ2) is 19.0. The third kappa shape index (κ3) is 10.7. The summed E-state index contributed by atoms with van der Waals surface area (Å²) in [4.78, 5) is 15.8. The molecular formula is C27H49NO17. The molecule has 0 aromatic carbocycles. The second-order valence-corrected chi connectivity index (χ2v) is 11.5. The third-order valence-electron chi connectivity index (χ3n) is 8.15. The van der Waals surface area contributed by atoms with Gasteiger partial charge in [0.25, 0.3) is 0 Å². The van der Waals surface area contributed by atoms with Crippen molar-refractivity contribution >= 4 is 5.91 Å². The molecule has 45 heavy (non-hydrogen) atoms. The minimum absolute atomic E-state index is 0.0138. The quantitative estimate of drug-likeness (QED) is 0.0401. The maximum atomic E-state index is 11.6. The minimum atomic E-state index is -1.55. The Kier molecular flexibility index (Phi) is 16.1. The molecule has 18 heteroatoms. The van der Waals surface area contributed by atoms with Crippen molar-refractivity contribution < 1.29 is 84.2 Å². The molecule has 14 unspecified atom stereocenters. The lowest BCUT2D eigenvalue weighted by atomic mass is 9.79. The van der Waals surface area contributed by atoms with Crippen molar-refractivity contribution in [1.29, 1.82) is 0 Å². The molecule has 2 heterocycles. The average molecular weight is 660 g/mol. The molecular weight excluding hydrogens is 610 g/mol. The number of aliphatic hydroxyl groups is 8. The summed E-state index contributed by atoms with van der Waals surface area (Å²) in [7, 11) is 0. The lowest BCUT2D eigenvalue weighted by Crippen LogP contribution is -2.61. The molecule has 0 spiro atoms. The van der Waals surface area contributed by atoms with Gasteiger partial charge >= 0.3 is 0 Å². The van der Waals surface area contributed by atoms with E-state index in [1.165, 1.54) is 6.92 Å². The highest BCUT2D eigenvalue weighted by atomic mass is 17.1. The van der Waals surface area contributed by atoms with Gasteiger partial charge in [-0.15, -0.1) is 0 Å². The van der Waals surface area contributed by atoms with E-state index in [-0.39, 0.29) is 58.9 Å². The van der Waals surface area contributed by atoms with Gasteiger partial charge in [-0.05, 0) is 19.3 Å². The first-order chi connectivity index (χ1) is 21.5. The van der Waals surface area contributed by atoms with Crippen molar-refractivity contribution in [3.05, 3.63) is 0 Å². The molecule has 14 atom stereocenters. The summed E-state index contributed by atoms with van der Waals surface area (Å²) in [6.07, 6.45) is -13.2. The van der Waals surface area contributed by atoms with Crippen molar-refractivity contribution in [2.75, 3.05) is 46.2 Å². The van der Waals surface area contributed by atoms with E-state index < -0.39 is 98.1 Å². The minimum Gasteiger partial charge on any atom is -0.396 e. The normalized spacial score (nSPS) is 40.8. The number of hydrogen-bond acceptors (Lipinski definition) is 17. The first-order valence-electron chi connectivity index (χ1n) is 15.1. The smallest absolute Gasteiger partial charge is 0.220 e. The van der Waals surface area contributed by atoms with Crippen LogP contribution in [0.2, 0.25) is 0 Å². The van der Waals surface area contributed by atoms with Gasteiger partial charge in [-0.3, -0.25) is 4.79 Å². The fraction of sp³-hybridized carbons (Fsp3) is 0.963. The predicted octanol–water partition coefficient (Wildman–Crippen LogP) is -4.43. The van der Waals surface area contributed by atoms with E-state index in [4.69, 9.17) is 28.4 Å². The molecule has 264 valence electrons. The van der Waals surface area contributed by atoms with Gasteiger partial charge in [0.2, 0.25) is 12.2 Å². The van der Waals surface area contributed by atoms with Gasteiger partial charge in [0, 0.05) is 45.7 Å². The van der Waals surface area contributed by atoms with Gasteiger partial charge in [0.15, 0.2) is 6.29 Å². The van der Waals surface area contributed by atoms with Crippen LogP contribution in [0.4, 0.5) is 0 Å². The van der Waals surface area contributed by atoms with Gasteiger partial charge in [0.05, 0.1) is 44.2 Å². The molecule has 3 rings (SSSR count). The second-order valence-electron chi connectivity index (χ2n) is 11.5. The molecule has 1 amide bonds. The Hall–Kier alpha value is -1.17. The largest absolute Gasteiger partial charge is 0.396 e. The average Bonchev–Trinajstić information content (AvgIpc) is 3.01. The van der Waals surface area contributed by atoms with E-state index in [0.29, 0.717) is 6.42 Å². The zero-order valence-electron chi connectivity index (χ0n) is 25.2. The van der Waals surface area contributed by atoms with Crippen LogP contribution in [0.3, 0.4) is 0 Å². The molecule has 3 aliphatic rings. The van der Waals surface area contributed by atoms with E-state index >= 15 is 0 Å². The Morgan fingerprint density at radius 2 is 1.47 bits per heavy atom. The van der Waals surface area contributed by atoms with Gasteiger partial charge in [-0.25, -0.2) is 10.1 Å². The highest BCUT2D eigenvalue weighted by Gasteiger charge is 2.47. The van der Waals surface area contributed by atoms with Gasteiger partial charge in [-0.2, -0.15) is 0 Å². The molecule has 3 fully saturated rings. The van der Waals surface area contributed by atoms with Crippen molar-refractivity contribution in [2.24, 2.45) is 5.92 Å². The number of hydrogen-bond donors (Lipinski definition) is 10. The molecule has 0 aromatic heterocycles. The summed E-state index contributed by atoms with van der Waals surface area (Å²) >= 11 is 0. The van der Waals surface area contributed by atoms with Crippen molar-refractivity contribution in [1.82, 2.24) is 5.32 Å². The number of carbonyl (C=O) groups is 1. The van der Waals surface area contributed by atoms with E-state index in [1.807, 2.05) is 0 Å². The van der Waals surface area contributed by atoms with E-state index in [2.05, 4.69) is 10.2 Å². The Morgan fingerprint density at radius 3 is 2.13 bits per heavy atom. The topological polar surface area (TPSA) is 276 Å². The molecule has 10 N–H and O–H groups in total. The molecule has 0 bridgehead atoms. The van der Waals surface area contributed by atoms with Crippen LogP contribution in [0.5, 0.6) is 0 Å². The third-order valence-corrected chi connectivity index (χ3v) is 8.15. The lowest BCUT2D eigenvalue weighted by molar-refractivity contribution is -0.407.